The first-order chi connectivity index (χ1) is 12.5. The molecule has 140 valence electrons. The summed E-state index contributed by atoms with van der Waals surface area (Å²) >= 11 is 0. The second-order valence-electron chi connectivity index (χ2n) is 7.25. The van der Waals surface area contributed by atoms with Gasteiger partial charge in [-0.05, 0) is 36.5 Å². The zero-order chi connectivity index (χ0) is 18.7. The zero-order valence-electron chi connectivity index (χ0n) is 15.9. The van der Waals surface area contributed by atoms with Crippen molar-refractivity contribution in [3.63, 3.8) is 0 Å². The van der Waals surface area contributed by atoms with Crippen molar-refractivity contribution >= 4 is 5.91 Å². The minimum Gasteiger partial charge on any atom is -0.497 e. The molecular weight excluding hydrogens is 330 g/mol. The van der Waals surface area contributed by atoms with Crippen LogP contribution in [-0.4, -0.2) is 41.2 Å². The van der Waals surface area contributed by atoms with E-state index >= 15 is 0 Å². The van der Waals surface area contributed by atoms with Gasteiger partial charge in [0, 0.05) is 25.9 Å². The van der Waals surface area contributed by atoms with Gasteiger partial charge in [-0.25, -0.2) is 0 Å². The Labute approximate surface area is 154 Å². The maximum absolute atomic E-state index is 13.2. The maximum Gasteiger partial charge on any atom is 0.230 e. The molecule has 1 aliphatic heterocycles. The number of aryl methyl sites for hydroxylation is 1. The lowest BCUT2D eigenvalue weighted by Crippen LogP contribution is -2.41. The first-order valence-electron chi connectivity index (χ1n) is 9.22. The van der Waals surface area contributed by atoms with Crippen LogP contribution in [0.25, 0.3) is 0 Å². The number of benzene rings is 1. The predicted molar refractivity (Wildman–Crippen MR) is 98.2 cm³/mol. The fourth-order valence-electron chi connectivity index (χ4n) is 3.64. The molecule has 2 aromatic rings. The molecule has 1 fully saturated rings. The molecule has 0 N–H and O–H groups in total. The number of methoxy groups -OCH3 is 1. The van der Waals surface area contributed by atoms with Gasteiger partial charge in [0.2, 0.25) is 17.7 Å². The third-order valence-corrected chi connectivity index (χ3v) is 5.11. The highest BCUT2D eigenvalue weighted by Crippen LogP contribution is 2.32. The van der Waals surface area contributed by atoms with E-state index in [1.54, 1.807) is 14.0 Å². The molecule has 1 aliphatic rings. The molecule has 1 aromatic carbocycles. The summed E-state index contributed by atoms with van der Waals surface area (Å²) in [4.78, 5) is 15.2. The average molecular weight is 357 g/mol. The number of piperidine rings is 1. The number of aromatic nitrogens is 2. The number of ether oxygens (including phenoxy) is 1. The van der Waals surface area contributed by atoms with Gasteiger partial charge in [0.25, 0.3) is 0 Å². The Kier molecular flexibility index (Phi) is 5.59. The highest BCUT2D eigenvalue weighted by molar-refractivity contribution is 5.84. The monoisotopic (exact) mass is 357 g/mol. The zero-order valence-corrected chi connectivity index (χ0v) is 15.9. The SMILES string of the molecule is COc1ccc(C(C(=O)N2CCC(c3nnc(C)o3)CC2)C(C)C)cc1. The number of hydrogen-bond acceptors (Lipinski definition) is 5. The molecule has 6 nitrogen and oxygen atoms in total. The summed E-state index contributed by atoms with van der Waals surface area (Å²) in [5.74, 6) is 2.64. The number of likely N-dealkylation sites (tertiary alicyclic amines) is 1. The molecule has 0 radical (unpaired) electrons. The summed E-state index contributed by atoms with van der Waals surface area (Å²) in [5.41, 5.74) is 1.04. The molecule has 0 bridgehead atoms. The number of rotatable bonds is 5. The second kappa shape index (κ2) is 7.89. The van der Waals surface area contributed by atoms with Gasteiger partial charge in [0.1, 0.15) is 5.75 Å². The smallest absolute Gasteiger partial charge is 0.230 e. The lowest BCUT2D eigenvalue weighted by atomic mass is 9.86. The van der Waals surface area contributed by atoms with Gasteiger partial charge in [0.15, 0.2) is 0 Å². The van der Waals surface area contributed by atoms with Gasteiger partial charge < -0.3 is 14.1 Å². The van der Waals surface area contributed by atoms with E-state index in [4.69, 9.17) is 9.15 Å². The standard InChI is InChI=1S/C20H27N3O3/c1-13(2)18(15-5-7-17(25-4)8-6-15)20(24)23-11-9-16(10-12-23)19-22-21-14(3)26-19/h5-8,13,16,18H,9-12H2,1-4H3. The van der Waals surface area contributed by atoms with Crippen LogP contribution in [0, 0.1) is 12.8 Å². The molecule has 0 spiro atoms. The summed E-state index contributed by atoms with van der Waals surface area (Å²) < 4.78 is 10.8. The van der Waals surface area contributed by atoms with Crippen molar-refractivity contribution in [3.05, 3.63) is 41.6 Å². The highest BCUT2D eigenvalue weighted by Gasteiger charge is 2.32. The van der Waals surface area contributed by atoms with Crippen LogP contribution < -0.4 is 4.74 Å². The van der Waals surface area contributed by atoms with Gasteiger partial charge in [-0.3, -0.25) is 4.79 Å². The molecular formula is C20H27N3O3. The third-order valence-electron chi connectivity index (χ3n) is 5.11. The van der Waals surface area contributed by atoms with E-state index in [9.17, 15) is 4.79 Å². The van der Waals surface area contributed by atoms with Crippen LogP contribution in [0.3, 0.4) is 0 Å². The van der Waals surface area contributed by atoms with Crippen molar-refractivity contribution in [1.29, 1.82) is 0 Å². The van der Waals surface area contributed by atoms with Crippen LogP contribution >= 0.6 is 0 Å². The third kappa shape index (κ3) is 3.89. The van der Waals surface area contributed by atoms with Crippen molar-refractivity contribution in [2.45, 2.75) is 45.4 Å². The van der Waals surface area contributed by atoms with Crippen molar-refractivity contribution < 1.29 is 13.9 Å². The highest BCUT2D eigenvalue weighted by atomic mass is 16.5. The predicted octanol–water partition coefficient (Wildman–Crippen LogP) is 3.53. The topological polar surface area (TPSA) is 68.5 Å². The number of amides is 1. The number of nitrogens with zero attached hydrogens (tertiary/aromatic N) is 3. The second-order valence-corrected chi connectivity index (χ2v) is 7.25. The van der Waals surface area contributed by atoms with Gasteiger partial charge >= 0.3 is 0 Å². The van der Waals surface area contributed by atoms with Crippen molar-refractivity contribution in [1.82, 2.24) is 15.1 Å². The molecule has 1 unspecified atom stereocenters. The molecule has 0 aliphatic carbocycles. The van der Waals surface area contributed by atoms with Crippen LogP contribution in [0.2, 0.25) is 0 Å². The quantitative estimate of drug-likeness (QED) is 0.819. The Morgan fingerprint density at radius 1 is 1.19 bits per heavy atom. The maximum atomic E-state index is 13.2. The Balaban J connectivity index is 1.68. The molecule has 1 saturated heterocycles. The fourth-order valence-corrected chi connectivity index (χ4v) is 3.64. The molecule has 1 atom stereocenters. The summed E-state index contributed by atoms with van der Waals surface area (Å²) in [6.45, 7) is 7.45. The van der Waals surface area contributed by atoms with E-state index in [0.717, 1.165) is 37.2 Å². The van der Waals surface area contributed by atoms with E-state index in [1.807, 2.05) is 29.2 Å². The molecule has 2 heterocycles. The average Bonchev–Trinajstić information content (AvgIpc) is 3.08. The summed E-state index contributed by atoms with van der Waals surface area (Å²) in [6, 6.07) is 7.83. The molecule has 3 rings (SSSR count). The van der Waals surface area contributed by atoms with Crippen molar-refractivity contribution in [2.24, 2.45) is 5.92 Å². The summed E-state index contributed by atoms with van der Waals surface area (Å²) in [5, 5.41) is 8.05. The van der Waals surface area contributed by atoms with Gasteiger partial charge in [0.05, 0.1) is 13.0 Å². The lowest BCUT2D eigenvalue weighted by molar-refractivity contribution is -0.135. The van der Waals surface area contributed by atoms with Crippen molar-refractivity contribution in [2.75, 3.05) is 20.2 Å². The van der Waals surface area contributed by atoms with E-state index in [2.05, 4.69) is 24.0 Å². The molecule has 0 saturated carbocycles. The molecule has 6 heteroatoms. The number of hydrogen-bond donors (Lipinski definition) is 0. The first-order valence-corrected chi connectivity index (χ1v) is 9.22. The van der Waals surface area contributed by atoms with Crippen LogP contribution in [0.4, 0.5) is 0 Å². The van der Waals surface area contributed by atoms with E-state index in [1.165, 1.54) is 0 Å². The Morgan fingerprint density at radius 3 is 2.35 bits per heavy atom. The molecule has 26 heavy (non-hydrogen) atoms. The number of carbonyl (C=O) groups excluding carboxylic acids is 1. The fraction of sp³-hybridized carbons (Fsp3) is 0.550. The van der Waals surface area contributed by atoms with Gasteiger partial charge in [-0.2, -0.15) is 0 Å². The van der Waals surface area contributed by atoms with Crippen molar-refractivity contribution in [3.8, 4) is 5.75 Å². The normalized spacial score (nSPS) is 16.7. The molecule has 1 aromatic heterocycles. The van der Waals surface area contributed by atoms with Crippen LogP contribution in [0.5, 0.6) is 5.75 Å². The Bertz CT molecular complexity index is 731. The van der Waals surface area contributed by atoms with E-state index < -0.39 is 0 Å². The minimum atomic E-state index is -0.136. The van der Waals surface area contributed by atoms with E-state index in [-0.39, 0.29) is 23.7 Å². The summed E-state index contributed by atoms with van der Waals surface area (Å²) in [6.07, 6.45) is 1.72. The number of carbonyl (C=O) groups is 1. The van der Waals surface area contributed by atoms with Crippen LogP contribution in [0.1, 0.15) is 55.9 Å². The lowest BCUT2D eigenvalue weighted by Gasteiger charge is -2.34. The van der Waals surface area contributed by atoms with Crippen LogP contribution in [-0.2, 0) is 4.79 Å². The largest absolute Gasteiger partial charge is 0.497 e. The Hall–Kier alpha value is -2.37. The van der Waals surface area contributed by atoms with E-state index in [0.29, 0.717) is 11.8 Å². The van der Waals surface area contributed by atoms with Gasteiger partial charge in [-0.15, -0.1) is 10.2 Å². The van der Waals surface area contributed by atoms with Gasteiger partial charge in [-0.1, -0.05) is 26.0 Å². The first kappa shape index (κ1) is 18.4. The van der Waals surface area contributed by atoms with Crippen LogP contribution in [0.15, 0.2) is 28.7 Å². The summed E-state index contributed by atoms with van der Waals surface area (Å²) in [7, 11) is 1.65. The Morgan fingerprint density at radius 2 is 1.85 bits per heavy atom. The molecule has 1 amide bonds. The minimum absolute atomic E-state index is 0.136.